The topological polar surface area (TPSA) is 46.2 Å². The van der Waals surface area contributed by atoms with E-state index < -0.39 is 0 Å². The fourth-order valence-corrected chi connectivity index (χ4v) is 1.62. The van der Waals surface area contributed by atoms with Gasteiger partial charge in [-0.1, -0.05) is 6.07 Å². The Bertz CT molecular complexity index is 310. The van der Waals surface area contributed by atoms with Crippen LogP contribution < -0.4 is 10.6 Å². The highest BCUT2D eigenvalue weighted by atomic mass is 16.5. The van der Waals surface area contributed by atoms with Gasteiger partial charge in [-0.3, -0.25) is 0 Å². The molecule has 82 valence electrons. The molecule has 0 aromatic carbocycles. The third-order valence-corrected chi connectivity index (χ3v) is 2.42. The van der Waals surface area contributed by atoms with Gasteiger partial charge in [0.25, 0.3) is 0 Å². The number of anilines is 1. The molecule has 1 atom stereocenters. The Balaban J connectivity index is 1.81. The number of ether oxygens (including phenoxy) is 1. The Kier molecular flexibility index (Phi) is 3.53. The van der Waals surface area contributed by atoms with E-state index in [-0.39, 0.29) is 0 Å². The van der Waals surface area contributed by atoms with Gasteiger partial charge in [0, 0.05) is 24.8 Å². The lowest BCUT2D eigenvalue weighted by atomic mass is 10.3. The third-order valence-electron chi connectivity index (χ3n) is 2.42. The molecule has 0 bridgehead atoms. The van der Waals surface area contributed by atoms with E-state index in [2.05, 4.69) is 15.6 Å². The summed E-state index contributed by atoms with van der Waals surface area (Å²) in [7, 11) is 0. The number of rotatable bonds is 3. The molecule has 0 saturated carbocycles. The lowest BCUT2D eigenvalue weighted by molar-refractivity contribution is 0.0806. The first-order valence-electron chi connectivity index (χ1n) is 5.33. The molecule has 15 heavy (non-hydrogen) atoms. The minimum atomic E-state index is 0.390. The van der Waals surface area contributed by atoms with Crippen molar-refractivity contribution in [2.24, 2.45) is 0 Å². The predicted molar refractivity (Wildman–Crippen MR) is 60.1 cm³/mol. The number of morpholine rings is 1. The molecule has 1 unspecified atom stereocenters. The first-order chi connectivity index (χ1) is 7.34. The van der Waals surface area contributed by atoms with Crippen LogP contribution in [0.3, 0.4) is 0 Å². The van der Waals surface area contributed by atoms with Gasteiger partial charge in [-0.25, -0.2) is 4.98 Å². The van der Waals surface area contributed by atoms with Gasteiger partial charge in [-0.2, -0.15) is 0 Å². The Hall–Kier alpha value is -1.13. The number of hydrogen-bond donors (Lipinski definition) is 2. The second-order valence-corrected chi connectivity index (χ2v) is 3.77. The highest BCUT2D eigenvalue weighted by Crippen LogP contribution is 2.04. The smallest absolute Gasteiger partial charge is 0.126 e. The zero-order chi connectivity index (χ0) is 10.5. The lowest BCUT2D eigenvalue weighted by Crippen LogP contribution is -2.45. The summed E-state index contributed by atoms with van der Waals surface area (Å²) >= 11 is 0. The van der Waals surface area contributed by atoms with E-state index in [1.807, 2.05) is 25.1 Å². The highest BCUT2D eigenvalue weighted by molar-refractivity contribution is 5.35. The van der Waals surface area contributed by atoms with Crippen LogP contribution in [-0.4, -0.2) is 37.3 Å². The number of nitrogens with one attached hydrogen (secondary N) is 2. The summed E-state index contributed by atoms with van der Waals surface area (Å²) in [6, 6.07) is 6.38. The summed E-state index contributed by atoms with van der Waals surface area (Å²) in [5.74, 6) is 0.933. The van der Waals surface area contributed by atoms with E-state index in [0.29, 0.717) is 6.04 Å². The minimum Gasteiger partial charge on any atom is -0.378 e. The average Bonchev–Trinajstić information content (AvgIpc) is 2.28. The molecular formula is C11H17N3O. The van der Waals surface area contributed by atoms with Gasteiger partial charge in [-0.15, -0.1) is 0 Å². The molecule has 1 aromatic heterocycles. The molecule has 1 aromatic rings. The zero-order valence-electron chi connectivity index (χ0n) is 8.99. The van der Waals surface area contributed by atoms with Crippen molar-refractivity contribution >= 4 is 5.82 Å². The third kappa shape index (κ3) is 3.18. The molecule has 4 heteroatoms. The van der Waals surface area contributed by atoms with Gasteiger partial charge in [0.1, 0.15) is 5.82 Å². The normalized spacial score (nSPS) is 21.3. The molecule has 0 radical (unpaired) electrons. The van der Waals surface area contributed by atoms with Crippen molar-refractivity contribution in [1.29, 1.82) is 0 Å². The Morgan fingerprint density at radius 3 is 3.27 bits per heavy atom. The first kappa shape index (κ1) is 10.4. The van der Waals surface area contributed by atoms with Crippen molar-refractivity contribution in [2.45, 2.75) is 13.0 Å². The maximum Gasteiger partial charge on any atom is 0.126 e. The second-order valence-electron chi connectivity index (χ2n) is 3.77. The van der Waals surface area contributed by atoms with Gasteiger partial charge < -0.3 is 15.4 Å². The summed E-state index contributed by atoms with van der Waals surface area (Å²) < 4.78 is 5.37. The Morgan fingerprint density at radius 2 is 2.53 bits per heavy atom. The van der Waals surface area contributed by atoms with E-state index in [1.165, 1.54) is 0 Å². The molecule has 0 spiro atoms. The molecule has 0 amide bonds. The van der Waals surface area contributed by atoms with Crippen molar-refractivity contribution < 1.29 is 4.74 Å². The van der Waals surface area contributed by atoms with Crippen LogP contribution in [0.5, 0.6) is 0 Å². The van der Waals surface area contributed by atoms with Crippen LogP contribution in [0.4, 0.5) is 5.82 Å². The SMILES string of the molecule is Cc1cccc(NCC2COCCN2)n1. The molecular weight excluding hydrogens is 190 g/mol. The number of aromatic nitrogens is 1. The van der Waals surface area contributed by atoms with Crippen LogP contribution >= 0.6 is 0 Å². The minimum absolute atomic E-state index is 0.390. The molecule has 2 N–H and O–H groups in total. The van der Waals surface area contributed by atoms with Crippen molar-refractivity contribution in [3.63, 3.8) is 0 Å². The number of hydrogen-bond acceptors (Lipinski definition) is 4. The standard InChI is InChI=1S/C11H17N3O/c1-9-3-2-4-11(14-9)13-7-10-8-15-6-5-12-10/h2-4,10,12H,5-8H2,1H3,(H,13,14). The fraction of sp³-hybridized carbons (Fsp3) is 0.545. The lowest BCUT2D eigenvalue weighted by Gasteiger charge is -2.24. The molecule has 4 nitrogen and oxygen atoms in total. The largest absolute Gasteiger partial charge is 0.378 e. The molecule has 1 aliphatic rings. The van der Waals surface area contributed by atoms with Crippen LogP contribution in [0.25, 0.3) is 0 Å². The van der Waals surface area contributed by atoms with Crippen LogP contribution in [0.2, 0.25) is 0 Å². The molecule has 2 rings (SSSR count). The number of pyridine rings is 1. The van der Waals surface area contributed by atoms with E-state index in [4.69, 9.17) is 4.74 Å². The quantitative estimate of drug-likeness (QED) is 0.769. The summed E-state index contributed by atoms with van der Waals surface area (Å²) in [5, 5.41) is 6.69. The summed E-state index contributed by atoms with van der Waals surface area (Å²) in [6.07, 6.45) is 0. The number of aryl methyl sites for hydroxylation is 1. The van der Waals surface area contributed by atoms with Gasteiger partial charge in [-0.05, 0) is 19.1 Å². The van der Waals surface area contributed by atoms with Crippen LogP contribution in [0.1, 0.15) is 5.69 Å². The van der Waals surface area contributed by atoms with Gasteiger partial charge in [0.15, 0.2) is 0 Å². The van der Waals surface area contributed by atoms with Gasteiger partial charge in [0.2, 0.25) is 0 Å². The maximum absolute atomic E-state index is 5.37. The molecule has 1 aliphatic heterocycles. The van der Waals surface area contributed by atoms with E-state index >= 15 is 0 Å². The highest BCUT2D eigenvalue weighted by Gasteiger charge is 2.12. The monoisotopic (exact) mass is 207 g/mol. The molecule has 1 fully saturated rings. The van der Waals surface area contributed by atoms with Crippen molar-refractivity contribution in [1.82, 2.24) is 10.3 Å². The van der Waals surface area contributed by atoms with E-state index in [9.17, 15) is 0 Å². The Morgan fingerprint density at radius 1 is 1.60 bits per heavy atom. The van der Waals surface area contributed by atoms with Crippen LogP contribution in [0, 0.1) is 6.92 Å². The molecule has 1 saturated heterocycles. The first-order valence-corrected chi connectivity index (χ1v) is 5.33. The van der Waals surface area contributed by atoms with E-state index in [0.717, 1.165) is 37.8 Å². The van der Waals surface area contributed by atoms with Gasteiger partial charge >= 0.3 is 0 Å². The Labute approximate surface area is 90.0 Å². The summed E-state index contributed by atoms with van der Waals surface area (Å²) in [4.78, 5) is 4.38. The average molecular weight is 207 g/mol. The molecule has 0 aliphatic carbocycles. The van der Waals surface area contributed by atoms with Crippen LogP contribution in [0.15, 0.2) is 18.2 Å². The maximum atomic E-state index is 5.37. The predicted octanol–water partition coefficient (Wildman–Crippen LogP) is 0.790. The molecule has 2 heterocycles. The fourth-order valence-electron chi connectivity index (χ4n) is 1.62. The van der Waals surface area contributed by atoms with E-state index in [1.54, 1.807) is 0 Å². The van der Waals surface area contributed by atoms with Crippen molar-refractivity contribution in [2.75, 3.05) is 31.6 Å². The van der Waals surface area contributed by atoms with Crippen molar-refractivity contribution in [3.8, 4) is 0 Å². The second kappa shape index (κ2) is 5.09. The van der Waals surface area contributed by atoms with Crippen molar-refractivity contribution in [3.05, 3.63) is 23.9 Å². The summed E-state index contributed by atoms with van der Waals surface area (Å²) in [5.41, 5.74) is 1.04. The number of nitrogens with zero attached hydrogens (tertiary/aromatic N) is 1. The van der Waals surface area contributed by atoms with Crippen LogP contribution in [-0.2, 0) is 4.74 Å². The van der Waals surface area contributed by atoms with Gasteiger partial charge in [0.05, 0.1) is 13.2 Å². The summed E-state index contributed by atoms with van der Waals surface area (Å²) in [6.45, 7) is 5.38. The zero-order valence-corrected chi connectivity index (χ0v) is 8.99.